The zero-order chi connectivity index (χ0) is 19.1. The van der Waals surface area contributed by atoms with Gasteiger partial charge in [0.15, 0.2) is 5.82 Å². The van der Waals surface area contributed by atoms with Crippen LogP contribution in [0.15, 0.2) is 41.4 Å². The Bertz CT molecular complexity index is 1080. The van der Waals surface area contributed by atoms with Crippen LogP contribution >= 0.6 is 11.6 Å². The van der Waals surface area contributed by atoms with Crippen molar-refractivity contribution >= 4 is 38.3 Å². The Labute approximate surface area is 148 Å². The van der Waals surface area contributed by atoms with Crippen LogP contribution in [0.25, 0.3) is 11.0 Å². The zero-order valence-corrected chi connectivity index (χ0v) is 14.0. The van der Waals surface area contributed by atoms with E-state index in [-0.39, 0.29) is 21.1 Å². The molecule has 0 aliphatic carbocycles. The van der Waals surface area contributed by atoms with Crippen molar-refractivity contribution in [2.75, 3.05) is 4.72 Å². The van der Waals surface area contributed by atoms with Gasteiger partial charge in [0.25, 0.3) is 10.0 Å². The molecule has 2 heterocycles. The standard InChI is InChI=1S/C14H8ClF4N3O3S/c15-12-4-2-8-11(6-20-13(8)21-12)26(23,24)22-10-3-1-7(5-9(10)16)25-14(17,18)19/h1-6,22H,(H,20,21). The number of pyridine rings is 1. The molecule has 0 atom stereocenters. The average Bonchev–Trinajstić information content (AvgIpc) is 2.92. The Balaban J connectivity index is 1.92. The summed E-state index contributed by atoms with van der Waals surface area (Å²) >= 11 is 5.72. The number of nitrogens with zero attached hydrogens (tertiary/aromatic N) is 1. The van der Waals surface area contributed by atoms with Crippen molar-refractivity contribution in [1.29, 1.82) is 0 Å². The molecule has 0 aliphatic rings. The molecule has 3 aromatic rings. The van der Waals surface area contributed by atoms with Gasteiger partial charge in [0.2, 0.25) is 0 Å². The molecule has 1 aromatic carbocycles. The molecule has 3 rings (SSSR count). The van der Waals surface area contributed by atoms with Gasteiger partial charge in [-0.3, -0.25) is 4.72 Å². The maximum atomic E-state index is 14.0. The number of H-pyrrole nitrogens is 1. The molecule has 0 saturated carbocycles. The van der Waals surface area contributed by atoms with Crippen molar-refractivity contribution in [3.63, 3.8) is 0 Å². The zero-order valence-electron chi connectivity index (χ0n) is 12.4. The molecule has 12 heteroatoms. The normalized spacial score (nSPS) is 12.3. The Hall–Kier alpha value is -2.53. The van der Waals surface area contributed by atoms with Gasteiger partial charge in [-0.15, -0.1) is 13.2 Å². The molecule has 2 aromatic heterocycles. The number of fused-ring (bicyclic) bond motifs is 1. The van der Waals surface area contributed by atoms with Crippen LogP contribution in [0.5, 0.6) is 5.75 Å². The van der Waals surface area contributed by atoms with Crippen molar-refractivity contribution < 1.29 is 30.7 Å². The van der Waals surface area contributed by atoms with E-state index >= 15 is 0 Å². The fourth-order valence-corrected chi connectivity index (χ4v) is 3.53. The van der Waals surface area contributed by atoms with Gasteiger partial charge in [-0.1, -0.05) is 11.6 Å². The first-order valence-electron chi connectivity index (χ1n) is 6.77. The highest BCUT2D eigenvalue weighted by Crippen LogP contribution is 2.29. The van der Waals surface area contributed by atoms with Gasteiger partial charge in [-0.05, 0) is 24.3 Å². The number of nitrogens with one attached hydrogen (secondary N) is 2. The molecule has 138 valence electrons. The first kappa shape index (κ1) is 18.3. The third-order valence-corrected chi connectivity index (χ3v) is 4.79. The van der Waals surface area contributed by atoms with Gasteiger partial charge in [-0.2, -0.15) is 0 Å². The fourth-order valence-electron chi connectivity index (χ4n) is 2.15. The van der Waals surface area contributed by atoms with Gasteiger partial charge in [-0.25, -0.2) is 17.8 Å². The van der Waals surface area contributed by atoms with E-state index in [9.17, 15) is 26.0 Å². The highest BCUT2D eigenvalue weighted by atomic mass is 35.5. The number of halogens is 5. The maximum Gasteiger partial charge on any atom is 0.573 e. The molecule has 0 amide bonds. The van der Waals surface area contributed by atoms with Crippen molar-refractivity contribution in [2.24, 2.45) is 0 Å². The number of rotatable bonds is 4. The fraction of sp³-hybridized carbons (Fsp3) is 0.0714. The number of alkyl halides is 3. The highest BCUT2D eigenvalue weighted by molar-refractivity contribution is 7.93. The largest absolute Gasteiger partial charge is 0.573 e. The number of hydrogen-bond donors (Lipinski definition) is 2. The average molecular weight is 410 g/mol. The van der Waals surface area contributed by atoms with Gasteiger partial charge >= 0.3 is 6.36 Å². The lowest BCUT2D eigenvalue weighted by Crippen LogP contribution is -2.17. The molecule has 0 spiro atoms. The number of anilines is 1. The summed E-state index contributed by atoms with van der Waals surface area (Å²) in [6.45, 7) is 0. The number of ether oxygens (including phenoxy) is 1. The summed E-state index contributed by atoms with van der Waals surface area (Å²) in [7, 11) is -4.25. The van der Waals surface area contributed by atoms with E-state index in [0.29, 0.717) is 6.07 Å². The minimum atomic E-state index is -4.99. The van der Waals surface area contributed by atoms with Gasteiger partial charge < -0.3 is 9.72 Å². The third-order valence-electron chi connectivity index (χ3n) is 3.17. The van der Waals surface area contributed by atoms with Crippen molar-refractivity contribution in [1.82, 2.24) is 9.97 Å². The second kappa shape index (κ2) is 6.32. The summed E-state index contributed by atoms with van der Waals surface area (Å²) in [5.74, 6) is -2.06. The second-order valence-electron chi connectivity index (χ2n) is 4.98. The topological polar surface area (TPSA) is 84.1 Å². The Morgan fingerprint density at radius 3 is 2.58 bits per heavy atom. The van der Waals surface area contributed by atoms with Crippen LogP contribution in [-0.2, 0) is 10.0 Å². The van der Waals surface area contributed by atoms with Crippen LogP contribution in [0.2, 0.25) is 5.15 Å². The maximum absolute atomic E-state index is 14.0. The number of sulfonamides is 1. The number of benzene rings is 1. The van der Waals surface area contributed by atoms with Gasteiger partial charge in [0, 0.05) is 17.6 Å². The first-order valence-corrected chi connectivity index (χ1v) is 8.63. The molecule has 2 N–H and O–H groups in total. The highest BCUT2D eigenvalue weighted by Gasteiger charge is 2.31. The molecular formula is C14H8ClF4N3O3S. The van der Waals surface area contributed by atoms with E-state index in [0.717, 1.165) is 18.3 Å². The van der Waals surface area contributed by atoms with Crippen LogP contribution in [-0.4, -0.2) is 24.7 Å². The lowest BCUT2D eigenvalue weighted by molar-refractivity contribution is -0.274. The summed E-state index contributed by atoms with van der Waals surface area (Å²) in [5.41, 5.74) is -0.344. The molecule has 0 aliphatic heterocycles. The number of aromatic nitrogens is 2. The molecule has 0 radical (unpaired) electrons. The summed E-state index contributed by atoms with van der Waals surface area (Å²) in [6, 6.07) is 4.80. The molecular weight excluding hydrogens is 402 g/mol. The minimum absolute atomic E-state index is 0.141. The van der Waals surface area contributed by atoms with Gasteiger partial charge in [0.05, 0.1) is 5.69 Å². The lowest BCUT2D eigenvalue weighted by atomic mass is 10.3. The van der Waals surface area contributed by atoms with Crippen LogP contribution in [0, 0.1) is 5.82 Å². The smallest absolute Gasteiger partial charge is 0.406 e. The minimum Gasteiger partial charge on any atom is -0.406 e. The van der Waals surface area contributed by atoms with E-state index < -0.39 is 33.6 Å². The van der Waals surface area contributed by atoms with Crippen LogP contribution < -0.4 is 9.46 Å². The van der Waals surface area contributed by atoms with Crippen molar-refractivity contribution in [3.05, 3.63) is 47.5 Å². The van der Waals surface area contributed by atoms with E-state index in [4.69, 9.17) is 11.6 Å². The van der Waals surface area contributed by atoms with Crippen LogP contribution in [0.3, 0.4) is 0 Å². The van der Waals surface area contributed by atoms with Crippen molar-refractivity contribution in [3.8, 4) is 5.75 Å². The van der Waals surface area contributed by atoms with E-state index in [1.165, 1.54) is 12.1 Å². The summed E-state index contributed by atoms with van der Waals surface area (Å²) in [4.78, 5) is 6.29. The number of hydrogen-bond acceptors (Lipinski definition) is 4. The lowest BCUT2D eigenvalue weighted by Gasteiger charge is -2.11. The molecule has 6 nitrogen and oxygen atoms in total. The van der Waals surface area contributed by atoms with E-state index in [1.807, 2.05) is 4.72 Å². The Morgan fingerprint density at radius 1 is 1.19 bits per heavy atom. The molecule has 0 unspecified atom stereocenters. The summed E-state index contributed by atoms with van der Waals surface area (Å²) in [6.07, 6.45) is -3.86. The number of aromatic amines is 1. The van der Waals surface area contributed by atoms with Crippen LogP contribution in [0.4, 0.5) is 23.2 Å². The SMILES string of the molecule is O=S(=O)(Nc1ccc(OC(F)(F)F)cc1F)c1c[nH]c2nc(Cl)ccc12. The first-order chi connectivity index (χ1) is 12.0. The monoisotopic (exact) mass is 409 g/mol. The molecule has 26 heavy (non-hydrogen) atoms. The second-order valence-corrected chi connectivity index (χ2v) is 7.02. The van der Waals surface area contributed by atoms with E-state index in [1.54, 1.807) is 0 Å². The quantitative estimate of drug-likeness (QED) is 0.503. The van der Waals surface area contributed by atoms with Crippen LogP contribution in [0.1, 0.15) is 0 Å². The molecule has 0 saturated heterocycles. The summed E-state index contributed by atoms with van der Waals surface area (Å²) < 4.78 is 80.8. The van der Waals surface area contributed by atoms with Crippen molar-refractivity contribution in [2.45, 2.75) is 11.3 Å². The molecule has 0 fully saturated rings. The van der Waals surface area contributed by atoms with Gasteiger partial charge in [0.1, 0.15) is 21.4 Å². The summed E-state index contributed by atoms with van der Waals surface area (Å²) in [5, 5.41) is 0.349. The third kappa shape index (κ3) is 3.83. The molecule has 0 bridgehead atoms. The Kier molecular flexibility index (Phi) is 4.44. The Morgan fingerprint density at radius 2 is 1.92 bits per heavy atom. The van der Waals surface area contributed by atoms with E-state index in [2.05, 4.69) is 14.7 Å². The predicted molar refractivity (Wildman–Crippen MR) is 85.0 cm³/mol. The predicted octanol–water partition coefficient (Wildman–Crippen LogP) is 4.05.